The van der Waals surface area contributed by atoms with Crippen molar-refractivity contribution < 1.29 is 19.7 Å². The van der Waals surface area contributed by atoms with Crippen molar-refractivity contribution in [3.05, 3.63) is 131 Å². The van der Waals surface area contributed by atoms with Crippen LogP contribution in [-0.2, 0) is 9.47 Å². The van der Waals surface area contributed by atoms with E-state index in [1.165, 1.54) is 5.56 Å². The van der Waals surface area contributed by atoms with Gasteiger partial charge in [0.15, 0.2) is 5.79 Å². The summed E-state index contributed by atoms with van der Waals surface area (Å²) in [6.07, 6.45) is 2.59. The van der Waals surface area contributed by atoms with Gasteiger partial charge in [-0.3, -0.25) is 0 Å². The van der Waals surface area contributed by atoms with Gasteiger partial charge in [0.1, 0.15) is 0 Å². The molecule has 0 atom stereocenters. The molecule has 0 bridgehead atoms. The van der Waals surface area contributed by atoms with Crippen LogP contribution < -0.4 is 10.4 Å². The number of hydrogen-bond donors (Lipinski definition) is 2. The van der Waals surface area contributed by atoms with Crippen molar-refractivity contribution in [1.82, 2.24) is 0 Å². The van der Waals surface area contributed by atoms with Crippen LogP contribution in [0.5, 0.6) is 0 Å². The van der Waals surface area contributed by atoms with Crippen LogP contribution in [0.4, 0.5) is 0 Å². The zero-order valence-corrected chi connectivity index (χ0v) is 22.3. The van der Waals surface area contributed by atoms with Gasteiger partial charge in [-0.1, -0.05) is 109 Å². The fourth-order valence-electron chi connectivity index (χ4n) is 5.71. The second-order valence-electron chi connectivity index (χ2n) is 9.96. The molecule has 5 aromatic carbocycles. The van der Waals surface area contributed by atoms with Gasteiger partial charge in [0, 0.05) is 12.0 Å². The van der Waals surface area contributed by atoms with Crippen LogP contribution in [0, 0.1) is 0 Å². The van der Waals surface area contributed by atoms with Crippen LogP contribution >= 0.6 is 0 Å². The molecule has 6 rings (SSSR count). The summed E-state index contributed by atoms with van der Waals surface area (Å²) in [4.78, 5) is 0. The van der Waals surface area contributed by atoms with Crippen LogP contribution in [0.2, 0.25) is 0 Å². The lowest BCUT2D eigenvalue weighted by molar-refractivity contribution is -0.200. The van der Waals surface area contributed by atoms with Crippen molar-refractivity contribution in [2.75, 3.05) is 26.4 Å². The van der Waals surface area contributed by atoms with Gasteiger partial charge in [0.05, 0.1) is 26.4 Å². The zero-order valence-electron chi connectivity index (χ0n) is 22.3. The third-order valence-electron chi connectivity index (χ3n) is 7.51. The molecule has 4 nitrogen and oxygen atoms in total. The molecule has 0 amide bonds. The molecule has 2 N–H and O–H groups in total. The summed E-state index contributed by atoms with van der Waals surface area (Å²) in [6.45, 7) is -0.0349. The fourth-order valence-corrected chi connectivity index (χ4v) is 5.71. The van der Waals surface area contributed by atoms with E-state index >= 15 is 0 Å². The van der Waals surface area contributed by atoms with Gasteiger partial charge >= 0.3 is 0 Å². The number of ether oxygens (including phenoxy) is 2. The lowest BCUT2D eigenvalue weighted by atomic mass is 9.84. The minimum atomic E-state index is -1.15. The monoisotopic (exact) mass is 528 g/mol. The summed E-state index contributed by atoms with van der Waals surface area (Å²) in [5.74, 6) is -1.15. The summed E-state index contributed by atoms with van der Waals surface area (Å²) < 4.78 is 12.7. The van der Waals surface area contributed by atoms with Crippen molar-refractivity contribution in [2.24, 2.45) is 0 Å². The first-order chi connectivity index (χ1) is 19.7. The molecule has 0 spiro atoms. The highest BCUT2D eigenvalue weighted by molar-refractivity contribution is 5.97. The van der Waals surface area contributed by atoms with Gasteiger partial charge in [0.25, 0.3) is 0 Å². The molecular formula is C36H32O4. The number of aliphatic hydroxyl groups excluding tert-OH is 2. The van der Waals surface area contributed by atoms with E-state index in [2.05, 4.69) is 97.1 Å². The van der Waals surface area contributed by atoms with Crippen LogP contribution in [-0.4, -0.2) is 42.4 Å². The van der Waals surface area contributed by atoms with E-state index in [0.29, 0.717) is 6.42 Å². The Balaban J connectivity index is 1.60. The summed E-state index contributed by atoms with van der Waals surface area (Å²) in [7, 11) is 0. The first kappa shape index (κ1) is 26.2. The van der Waals surface area contributed by atoms with E-state index in [-0.39, 0.29) is 26.4 Å². The van der Waals surface area contributed by atoms with Crippen molar-refractivity contribution in [1.29, 1.82) is 0 Å². The maximum Gasteiger partial charge on any atom is 0.199 e. The summed E-state index contributed by atoms with van der Waals surface area (Å²) in [5, 5.41) is 23.7. The molecule has 1 aliphatic carbocycles. The van der Waals surface area contributed by atoms with Crippen LogP contribution in [0.15, 0.2) is 115 Å². The Morgan fingerprint density at radius 2 is 1.23 bits per heavy atom. The first-order valence-electron chi connectivity index (χ1n) is 13.7. The Morgan fingerprint density at radius 3 is 1.88 bits per heavy atom. The number of hydrogen-bond acceptors (Lipinski definition) is 4. The average molecular weight is 529 g/mol. The highest BCUT2D eigenvalue weighted by Gasteiger charge is 2.39. The molecule has 0 aromatic heterocycles. The summed E-state index contributed by atoms with van der Waals surface area (Å²) in [6, 6.07) is 40.0. The van der Waals surface area contributed by atoms with Gasteiger partial charge < -0.3 is 19.7 Å². The van der Waals surface area contributed by atoms with E-state index in [9.17, 15) is 10.2 Å². The number of fused-ring (bicyclic) bond motifs is 2. The van der Waals surface area contributed by atoms with Crippen molar-refractivity contribution in [3.8, 4) is 22.3 Å². The quantitative estimate of drug-likeness (QED) is 0.256. The lowest BCUT2D eigenvalue weighted by Gasteiger charge is -2.37. The van der Waals surface area contributed by atoms with Crippen LogP contribution in [0.1, 0.15) is 12.0 Å². The average Bonchev–Trinajstić information content (AvgIpc) is 3.03. The van der Waals surface area contributed by atoms with Crippen molar-refractivity contribution in [3.63, 3.8) is 0 Å². The summed E-state index contributed by atoms with van der Waals surface area (Å²) in [5.41, 5.74) is 6.53. The largest absolute Gasteiger partial charge is 0.394 e. The van der Waals surface area contributed by atoms with E-state index in [4.69, 9.17) is 9.47 Å². The van der Waals surface area contributed by atoms with Crippen LogP contribution in [0.25, 0.3) is 44.7 Å². The topological polar surface area (TPSA) is 58.9 Å². The van der Waals surface area contributed by atoms with Gasteiger partial charge in [-0.25, -0.2) is 0 Å². The van der Waals surface area contributed by atoms with Gasteiger partial charge in [0.2, 0.25) is 0 Å². The highest BCUT2D eigenvalue weighted by atomic mass is 16.7. The molecule has 4 heteroatoms. The maximum absolute atomic E-state index is 9.71. The summed E-state index contributed by atoms with van der Waals surface area (Å²) >= 11 is 0. The normalized spacial score (nSPS) is 14.1. The minimum absolute atomic E-state index is 0.114. The molecule has 200 valence electrons. The van der Waals surface area contributed by atoms with Crippen molar-refractivity contribution >= 4 is 22.4 Å². The number of benzene rings is 5. The Labute approximate surface area is 234 Å². The van der Waals surface area contributed by atoms with Gasteiger partial charge in [-0.15, -0.1) is 0 Å². The van der Waals surface area contributed by atoms with E-state index in [1.54, 1.807) is 0 Å². The van der Waals surface area contributed by atoms with E-state index in [1.807, 2.05) is 24.3 Å². The molecule has 5 aromatic rings. The molecule has 0 heterocycles. The minimum Gasteiger partial charge on any atom is -0.394 e. The zero-order chi connectivity index (χ0) is 27.4. The molecule has 1 aliphatic rings. The highest BCUT2D eigenvalue weighted by Crippen LogP contribution is 2.39. The fraction of sp³-hybridized carbons (Fsp3) is 0.167. The third kappa shape index (κ3) is 4.99. The molecular weight excluding hydrogens is 496 g/mol. The van der Waals surface area contributed by atoms with Gasteiger partial charge in [-0.2, -0.15) is 0 Å². The predicted molar refractivity (Wildman–Crippen MR) is 161 cm³/mol. The van der Waals surface area contributed by atoms with Crippen molar-refractivity contribution in [2.45, 2.75) is 12.2 Å². The van der Waals surface area contributed by atoms with Crippen LogP contribution in [0.3, 0.4) is 0 Å². The number of aliphatic hydroxyl groups is 2. The first-order valence-corrected chi connectivity index (χ1v) is 13.7. The Kier molecular flexibility index (Phi) is 7.58. The smallest absolute Gasteiger partial charge is 0.199 e. The van der Waals surface area contributed by atoms with E-state index in [0.717, 1.165) is 49.0 Å². The second kappa shape index (κ2) is 11.6. The van der Waals surface area contributed by atoms with Gasteiger partial charge in [-0.05, 0) is 61.2 Å². The third-order valence-corrected chi connectivity index (χ3v) is 7.51. The Bertz CT molecular complexity index is 1740. The SMILES string of the molecule is OCCOC1(OCCO)CC=c2cc(-c3ccccc3)ccc2=C1c1cccc2cc(-c3ccccc3)ccc12. The molecule has 0 unspecified atom stereocenters. The Hall–Kier alpha value is -4.06. The second-order valence-corrected chi connectivity index (χ2v) is 9.96. The number of rotatable bonds is 9. The lowest BCUT2D eigenvalue weighted by Crippen LogP contribution is -2.48. The Morgan fingerprint density at radius 1 is 0.600 bits per heavy atom. The maximum atomic E-state index is 9.71. The predicted octanol–water partition coefficient (Wildman–Crippen LogP) is 5.27. The van der Waals surface area contributed by atoms with E-state index < -0.39 is 5.79 Å². The molecule has 40 heavy (non-hydrogen) atoms. The standard InChI is InChI=1S/C36H32O4/c37-20-22-39-36(40-23-21-38)19-18-31-25-29(27-10-5-2-6-11-27)15-17-33(31)35(36)34-13-7-12-30-24-28(14-16-32(30)34)26-8-3-1-4-9-26/h1-18,24-25,37-38H,19-23H2. The molecule has 0 saturated heterocycles. The molecule has 0 fully saturated rings. The molecule has 0 radical (unpaired) electrons. The molecule has 0 aliphatic heterocycles. The molecule has 0 saturated carbocycles.